The van der Waals surface area contributed by atoms with Crippen molar-refractivity contribution in [3.05, 3.63) is 66.2 Å². The van der Waals surface area contributed by atoms with Gasteiger partial charge in [-0.15, -0.1) is 11.8 Å². The molecule has 0 saturated heterocycles. The molecule has 0 radical (unpaired) electrons. The zero-order valence-electron chi connectivity index (χ0n) is 22.5. The summed E-state index contributed by atoms with van der Waals surface area (Å²) in [7, 11) is 1.70. The minimum Gasteiger partial charge on any atom is -0.342 e. The first kappa shape index (κ1) is 28.3. The van der Waals surface area contributed by atoms with Crippen LogP contribution in [0.3, 0.4) is 0 Å². The Balaban J connectivity index is 1.69. The summed E-state index contributed by atoms with van der Waals surface area (Å²) in [5.74, 6) is -0.288. The molecule has 3 aromatic carbocycles. The van der Waals surface area contributed by atoms with E-state index in [9.17, 15) is 19.2 Å². The Morgan fingerprint density at radius 2 is 1.77 bits per heavy atom. The molecule has 3 amide bonds. The molecule has 0 bridgehead atoms. The zero-order chi connectivity index (χ0) is 27.9. The number of nitrogens with zero attached hydrogens (tertiary/aromatic N) is 1. The van der Waals surface area contributed by atoms with Crippen LogP contribution in [-0.2, 0) is 25.7 Å². The molecule has 2 unspecified atom stereocenters. The van der Waals surface area contributed by atoms with E-state index in [0.717, 1.165) is 21.2 Å². The Morgan fingerprint density at radius 1 is 1.03 bits per heavy atom. The van der Waals surface area contributed by atoms with Crippen molar-refractivity contribution in [3.63, 3.8) is 0 Å². The molecular formula is C30H34N4O4S. The summed E-state index contributed by atoms with van der Waals surface area (Å²) in [6, 6.07) is 18.3. The van der Waals surface area contributed by atoms with Crippen LogP contribution in [0.5, 0.6) is 0 Å². The average Bonchev–Trinajstić information content (AvgIpc) is 3.05. The largest absolute Gasteiger partial charge is 0.342 e. The standard InChI is InChI=1S/C30H34N4O4S/c1-19(35)9-6-16-27(36)32-24-14-8-15-26-28(24)39-18-25(33-29(37)20(2)31-3)30(38)34(26)17-22-12-7-11-21-10-4-5-13-23(21)22/h4-5,7-8,10-15,20,25,31H,6,9,16-18H2,1-3H3,(H,32,36)(H,33,37). The Kier molecular flexibility index (Phi) is 9.37. The molecule has 3 aromatic rings. The topological polar surface area (TPSA) is 108 Å². The van der Waals surface area contributed by atoms with Gasteiger partial charge in [-0.25, -0.2) is 0 Å². The van der Waals surface area contributed by atoms with Crippen molar-refractivity contribution >= 4 is 57.4 Å². The number of benzene rings is 3. The van der Waals surface area contributed by atoms with E-state index in [0.29, 0.717) is 36.5 Å². The van der Waals surface area contributed by atoms with E-state index in [1.165, 1.54) is 18.7 Å². The fraction of sp³-hybridized carbons (Fsp3) is 0.333. The number of amides is 3. The summed E-state index contributed by atoms with van der Waals surface area (Å²) < 4.78 is 0. The summed E-state index contributed by atoms with van der Waals surface area (Å²) >= 11 is 1.43. The molecule has 0 aliphatic carbocycles. The van der Waals surface area contributed by atoms with Gasteiger partial charge >= 0.3 is 0 Å². The fourth-order valence-electron chi connectivity index (χ4n) is 4.54. The first-order valence-electron chi connectivity index (χ1n) is 13.1. The Labute approximate surface area is 232 Å². The summed E-state index contributed by atoms with van der Waals surface area (Å²) in [6.07, 6.45) is 1.06. The van der Waals surface area contributed by atoms with Gasteiger partial charge in [-0.05, 0) is 55.8 Å². The van der Waals surface area contributed by atoms with Crippen molar-refractivity contribution in [1.29, 1.82) is 0 Å². The molecule has 0 fully saturated rings. The molecule has 0 aromatic heterocycles. The minimum absolute atomic E-state index is 0.0511. The predicted octanol–water partition coefficient (Wildman–Crippen LogP) is 4.27. The van der Waals surface area contributed by atoms with Gasteiger partial charge in [-0.1, -0.05) is 48.5 Å². The molecule has 204 valence electrons. The predicted molar refractivity (Wildman–Crippen MR) is 156 cm³/mol. The van der Waals surface area contributed by atoms with Crippen molar-refractivity contribution in [2.24, 2.45) is 0 Å². The van der Waals surface area contributed by atoms with E-state index in [2.05, 4.69) is 16.0 Å². The lowest BCUT2D eigenvalue weighted by Crippen LogP contribution is -2.53. The molecule has 1 aliphatic heterocycles. The van der Waals surface area contributed by atoms with Crippen molar-refractivity contribution in [2.45, 2.75) is 56.6 Å². The number of fused-ring (bicyclic) bond motifs is 2. The van der Waals surface area contributed by atoms with Gasteiger partial charge in [0.1, 0.15) is 11.8 Å². The maximum absolute atomic E-state index is 14.0. The normalized spacial score (nSPS) is 15.8. The van der Waals surface area contributed by atoms with Crippen molar-refractivity contribution < 1.29 is 19.2 Å². The SMILES string of the molecule is CNC(C)C(=O)NC1CSc2c(NC(=O)CCCC(C)=O)cccc2N(Cc2cccc3ccccc23)C1=O. The summed E-state index contributed by atoms with van der Waals surface area (Å²) in [4.78, 5) is 53.2. The van der Waals surface area contributed by atoms with Gasteiger partial charge in [0.15, 0.2) is 0 Å². The van der Waals surface area contributed by atoms with Crippen LogP contribution in [0.4, 0.5) is 11.4 Å². The van der Waals surface area contributed by atoms with Gasteiger partial charge in [-0.3, -0.25) is 14.4 Å². The Morgan fingerprint density at radius 3 is 2.54 bits per heavy atom. The third kappa shape index (κ3) is 6.85. The van der Waals surface area contributed by atoms with E-state index in [4.69, 9.17) is 0 Å². The number of ketones is 1. The molecule has 39 heavy (non-hydrogen) atoms. The quantitative estimate of drug-likeness (QED) is 0.351. The highest BCUT2D eigenvalue weighted by Gasteiger charge is 2.34. The van der Waals surface area contributed by atoms with Gasteiger partial charge in [-0.2, -0.15) is 0 Å². The number of carbonyl (C=O) groups excluding carboxylic acids is 4. The van der Waals surface area contributed by atoms with Crippen LogP contribution in [-0.4, -0.2) is 48.4 Å². The third-order valence-electron chi connectivity index (χ3n) is 6.80. The van der Waals surface area contributed by atoms with Gasteiger partial charge < -0.3 is 25.6 Å². The number of rotatable bonds is 10. The number of carbonyl (C=O) groups is 4. The zero-order valence-corrected chi connectivity index (χ0v) is 23.3. The lowest BCUT2D eigenvalue weighted by molar-refractivity contribution is -0.128. The summed E-state index contributed by atoms with van der Waals surface area (Å²) in [5.41, 5.74) is 2.26. The number of anilines is 2. The molecule has 0 spiro atoms. The molecule has 2 atom stereocenters. The van der Waals surface area contributed by atoms with Crippen molar-refractivity contribution in [1.82, 2.24) is 10.6 Å². The van der Waals surface area contributed by atoms with Crippen LogP contribution in [0.2, 0.25) is 0 Å². The second-order valence-corrected chi connectivity index (χ2v) is 10.7. The number of thioether (sulfide) groups is 1. The second-order valence-electron chi connectivity index (χ2n) is 9.70. The van der Waals surface area contributed by atoms with Crippen LogP contribution in [0.1, 0.15) is 38.7 Å². The Hall–Kier alpha value is -3.69. The summed E-state index contributed by atoms with van der Waals surface area (Å²) in [5, 5.41) is 10.9. The molecular weight excluding hydrogens is 512 g/mol. The number of likely N-dealkylation sites (N-methyl/N-ethyl adjacent to an activating group) is 1. The molecule has 0 saturated carbocycles. The van der Waals surface area contributed by atoms with E-state index in [1.807, 2.05) is 60.7 Å². The molecule has 9 heteroatoms. The lowest BCUT2D eigenvalue weighted by atomic mass is 10.0. The van der Waals surface area contributed by atoms with Gasteiger partial charge in [0, 0.05) is 18.6 Å². The van der Waals surface area contributed by atoms with Gasteiger partial charge in [0.25, 0.3) is 5.91 Å². The smallest absolute Gasteiger partial charge is 0.250 e. The average molecular weight is 547 g/mol. The monoisotopic (exact) mass is 546 g/mol. The first-order valence-corrected chi connectivity index (χ1v) is 14.1. The number of hydrogen-bond acceptors (Lipinski definition) is 6. The van der Waals surface area contributed by atoms with E-state index in [1.54, 1.807) is 18.9 Å². The van der Waals surface area contributed by atoms with Crippen LogP contribution in [0.25, 0.3) is 10.8 Å². The van der Waals surface area contributed by atoms with Gasteiger partial charge in [0.2, 0.25) is 11.8 Å². The van der Waals surface area contributed by atoms with E-state index in [-0.39, 0.29) is 29.9 Å². The van der Waals surface area contributed by atoms with Crippen LogP contribution in [0, 0.1) is 0 Å². The van der Waals surface area contributed by atoms with Gasteiger partial charge in [0.05, 0.1) is 28.9 Å². The second kappa shape index (κ2) is 12.9. The number of hydrogen-bond donors (Lipinski definition) is 3. The fourth-order valence-corrected chi connectivity index (χ4v) is 5.70. The molecule has 3 N–H and O–H groups in total. The maximum atomic E-state index is 14.0. The maximum Gasteiger partial charge on any atom is 0.250 e. The summed E-state index contributed by atoms with van der Waals surface area (Å²) in [6.45, 7) is 3.56. The van der Waals surface area contributed by atoms with Crippen molar-refractivity contribution in [2.75, 3.05) is 23.0 Å². The molecule has 1 aliphatic rings. The minimum atomic E-state index is -0.750. The third-order valence-corrected chi connectivity index (χ3v) is 8.02. The van der Waals surface area contributed by atoms with E-state index < -0.39 is 12.1 Å². The van der Waals surface area contributed by atoms with Crippen molar-refractivity contribution in [3.8, 4) is 0 Å². The number of Topliss-reactive ketones (excluding diaryl/α,β-unsaturated/α-hetero) is 1. The van der Waals surface area contributed by atoms with Crippen LogP contribution in [0.15, 0.2) is 65.6 Å². The molecule has 8 nitrogen and oxygen atoms in total. The molecule has 4 rings (SSSR count). The highest BCUT2D eigenvalue weighted by atomic mass is 32.2. The highest BCUT2D eigenvalue weighted by molar-refractivity contribution is 7.99. The van der Waals surface area contributed by atoms with Crippen LogP contribution >= 0.6 is 11.8 Å². The first-order chi connectivity index (χ1) is 18.8. The number of nitrogens with one attached hydrogen (secondary N) is 3. The Bertz CT molecular complexity index is 1390. The lowest BCUT2D eigenvalue weighted by Gasteiger charge is -2.27. The molecule has 1 heterocycles. The highest BCUT2D eigenvalue weighted by Crippen LogP contribution is 2.41. The van der Waals surface area contributed by atoms with Crippen LogP contribution < -0.4 is 20.9 Å². The van der Waals surface area contributed by atoms with E-state index >= 15 is 0 Å².